The van der Waals surface area contributed by atoms with Crippen LogP contribution in [0.1, 0.15) is 5.56 Å². The quantitative estimate of drug-likeness (QED) is 0.908. The van der Waals surface area contributed by atoms with Crippen molar-refractivity contribution in [2.75, 3.05) is 12.4 Å². The molecule has 0 unspecified atom stereocenters. The van der Waals surface area contributed by atoms with Crippen LogP contribution < -0.4 is 15.6 Å². The van der Waals surface area contributed by atoms with Gasteiger partial charge in [-0.15, -0.1) is 0 Å². The minimum Gasteiger partial charge on any atom is -0.497 e. The molecule has 2 aromatic rings. The first-order chi connectivity index (χ1) is 8.70. The summed E-state index contributed by atoms with van der Waals surface area (Å²) in [4.78, 5) is 17.9. The second-order valence-corrected chi connectivity index (χ2v) is 4.39. The predicted octanol–water partition coefficient (Wildman–Crippen LogP) is 2.15. The lowest BCUT2D eigenvalue weighted by Crippen LogP contribution is -2.12. The Morgan fingerprint density at radius 3 is 2.78 bits per heavy atom. The molecule has 0 bridgehead atoms. The Kier molecular flexibility index (Phi) is 3.99. The van der Waals surface area contributed by atoms with Crippen molar-refractivity contribution >= 4 is 21.7 Å². The molecule has 0 radical (unpaired) electrons. The van der Waals surface area contributed by atoms with Crippen LogP contribution >= 0.6 is 15.9 Å². The molecule has 2 N–H and O–H groups in total. The van der Waals surface area contributed by atoms with Gasteiger partial charge >= 0.3 is 0 Å². The lowest BCUT2D eigenvalue weighted by molar-refractivity contribution is 0.414. The number of ether oxygens (including phenoxy) is 1. The topological polar surface area (TPSA) is 67.0 Å². The Morgan fingerprint density at radius 1 is 1.39 bits per heavy atom. The van der Waals surface area contributed by atoms with Gasteiger partial charge in [0.2, 0.25) is 0 Å². The molecule has 0 aliphatic rings. The number of nitrogens with one attached hydrogen (secondary N) is 2. The second kappa shape index (κ2) is 5.68. The number of aromatic nitrogens is 2. The number of H-pyrrole nitrogens is 1. The van der Waals surface area contributed by atoms with Crippen LogP contribution in [0.3, 0.4) is 0 Å². The summed E-state index contributed by atoms with van der Waals surface area (Å²) < 4.78 is 5.48. The standard InChI is InChI=1S/C12H12BrN3O2/c1-18-9-4-2-8(3-5-9)6-14-11-10(13)12(17)16-7-15-11/h2-5,7H,6H2,1H3,(H2,14,15,16,17). The maximum Gasteiger partial charge on any atom is 0.267 e. The molecule has 6 heteroatoms. The molecule has 0 aliphatic carbocycles. The molecule has 5 nitrogen and oxygen atoms in total. The number of rotatable bonds is 4. The van der Waals surface area contributed by atoms with Gasteiger partial charge < -0.3 is 15.0 Å². The van der Waals surface area contributed by atoms with Gasteiger partial charge in [0, 0.05) is 6.54 Å². The SMILES string of the molecule is COc1ccc(CNc2nc[nH]c(=O)c2Br)cc1. The first kappa shape index (κ1) is 12.6. The van der Waals surface area contributed by atoms with Crippen LogP contribution in [0.2, 0.25) is 0 Å². The first-order valence-corrected chi connectivity index (χ1v) is 6.10. The molecule has 0 atom stereocenters. The molecule has 0 fully saturated rings. The van der Waals surface area contributed by atoms with E-state index in [1.54, 1.807) is 7.11 Å². The highest BCUT2D eigenvalue weighted by atomic mass is 79.9. The lowest BCUT2D eigenvalue weighted by Gasteiger charge is -2.07. The summed E-state index contributed by atoms with van der Waals surface area (Å²) in [5.41, 5.74) is 0.868. The van der Waals surface area contributed by atoms with Crippen molar-refractivity contribution in [2.24, 2.45) is 0 Å². The smallest absolute Gasteiger partial charge is 0.267 e. The van der Waals surface area contributed by atoms with E-state index in [2.05, 4.69) is 31.2 Å². The lowest BCUT2D eigenvalue weighted by atomic mass is 10.2. The van der Waals surface area contributed by atoms with Crippen molar-refractivity contribution < 1.29 is 4.74 Å². The third-order valence-corrected chi connectivity index (χ3v) is 3.15. The number of hydrogen-bond acceptors (Lipinski definition) is 4. The fourth-order valence-corrected chi connectivity index (χ4v) is 1.79. The summed E-state index contributed by atoms with van der Waals surface area (Å²) in [6.07, 6.45) is 1.36. The fourth-order valence-electron chi connectivity index (χ4n) is 1.44. The van der Waals surface area contributed by atoms with E-state index in [0.717, 1.165) is 11.3 Å². The fraction of sp³-hybridized carbons (Fsp3) is 0.167. The Hall–Kier alpha value is -1.82. The van der Waals surface area contributed by atoms with Crippen molar-refractivity contribution in [3.05, 3.63) is 51.0 Å². The second-order valence-electron chi connectivity index (χ2n) is 3.60. The zero-order valence-electron chi connectivity index (χ0n) is 9.74. The predicted molar refractivity (Wildman–Crippen MR) is 72.9 cm³/mol. The number of methoxy groups -OCH3 is 1. The minimum atomic E-state index is -0.206. The normalized spacial score (nSPS) is 10.1. The maximum absolute atomic E-state index is 11.3. The third kappa shape index (κ3) is 2.89. The van der Waals surface area contributed by atoms with Gasteiger partial charge in [0.1, 0.15) is 16.0 Å². The Balaban J connectivity index is 2.06. The summed E-state index contributed by atoms with van der Waals surface area (Å²) in [6, 6.07) is 7.67. The van der Waals surface area contributed by atoms with Crippen LogP contribution in [-0.4, -0.2) is 17.1 Å². The minimum absolute atomic E-state index is 0.206. The Bertz CT molecular complexity index is 581. The molecule has 2 rings (SSSR count). The van der Waals surface area contributed by atoms with Gasteiger partial charge in [-0.1, -0.05) is 12.1 Å². The molecule has 0 spiro atoms. The molecule has 0 amide bonds. The summed E-state index contributed by atoms with van der Waals surface area (Å²) in [6.45, 7) is 0.582. The van der Waals surface area contributed by atoms with E-state index >= 15 is 0 Å². The molecule has 0 aliphatic heterocycles. The monoisotopic (exact) mass is 309 g/mol. The molecule has 0 saturated heterocycles. The molecular formula is C12H12BrN3O2. The van der Waals surface area contributed by atoms with Crippen LogP contribution in [0.25, 0.3) is 0 Å². The van der Waals surface area contributed by atoms with E-state index in [1.807, 2.05) is 24.3 Å². The molecule has 0 saturated carbocycles. The highest BCUT2D eigenvalue weighted by Crippen LogP contribution is 2.16. The zero-order chi connectivity index (χ0) is 13.0. The van der Waals surface area contributed by atoms with E-state index in [4.69, 9.17) is 4.74 Å². The number of benzene rings is 1. The van der Waals surface area contributed by atoms with Gasteiger partial charge in [-0.3, -0.25) is 4.79 Å². The van der Waals surface area contributed by atoms with E-state index in [1.165, 1.54) is 6.33 Å². The highest BCUT2D eigenvalue weighted by molar-refractivity contribution is 9.10. The Morgan fingerprint density at radius 2 is 2.11 bits per heavy atom. The number of anilines is 1. The summed E-state index contributed by atoms with van der Waals surface area (Å²) in [7, 11) is 1.63. The molecule has 1 aromatic carbocycles. The van der Waals surface area contributed by atoms with Gasteiger partial charge in [0.25, 0.3) is 5.56 Å². The van der Waals surface area contributed by atoms with Crippen LogP contribution in [0.15, 0.2) is 39.9 Å². The molecule has 1 heterocycles. The molecule has 18 heavy (non-hydrogen) atoms. The highest BCUT2D eigenvalue weighted by Gasteiger charge is 2.04. The molecule has 94 valence electrons. The van der Waals surface area contributed by atoms with E-state index in [-0.39, 0.29) is 5.56 Å². The third-order valence-electron chi connectivity index (χ3n) is 2.42. The van der Waals surface area contributed by atoms with Gasteiger partial charge in [0.05, 0.1) is 13.4 Å². The van der Waals surface area contributed by atoms with Crippen molar-refractivity contribution in [2.45, 2.75) is 6.54 Å². The average molecular weight is 310 g/mol. The van der Waals surface area contributed by atoms with Gasteiger partial charge in [0.15, 0.2) is 0 Å². The van der Waals surface area contributed by atoms with Crippen molar-refractivity contribution in [3.8, 4) is 5.75 Å². The average Bonchev–Trinajstić information content (AvgIpc) is 2.41. The first-order valence-electron chi connectivity index (χ1n) is 5.30. The molecule has 1 aromatic heterocycles. The van der Waals surface area contributed by atoms with Crippen LogP contribution in [0, 0.1) is 0 Å². The Labute approximate surface area is 112 Å². The van der Waals surface area contributed by atoms with Gasteiger partial charge in [-0.05, 0) is 33.6 Å². The number of aromatic amines is 1. The largest absolute Gasteiger partial charge is 0.497 e. The van der Waals surface area contributed by atoms with E-state index < -0.39 is 0 Å². The van der Waals surface area contributed by atoms with Crippen molar-refractivity contribution in [1.82, 2.24) is 9.97 Å². The maximum atomic E-state index is 11.3. The summed E-state index contributed by atoms with van der Waals surface area (Å²) >= 11 is 3.19. The van der Waals surface area contributed by atoms with Crippen LogP contribution in [0.5, 0.6) is 5.75 Å². The van der Waals surface area contributed by atoms with Crippen molar-refractivity contribution in [1.29, 1.82) is 0 Å². The van der Waals surface area contributed by atoms with Crippen molar-refractivity contribution in [3.63, 3.8) is 0 Å². The summed E-state index contributed by atoms with van der Waals surface area (Å²) in [5, 5.41) is 3.09. The van der Waals surface area contributed by atoms with Crippen LogP contribution in [0.4, 0.5) is 5.82 Å². The van der Waals surface area contributed by atoms with Crippen LogP contribution in [-0.2, 0) is 6.54 Å². The zero-order valence-corrected chi connectivity index (χ0v) is 11.3. The van der Waals surface area contributed by atoms with E-state index in [9.17, 15) is 4.79 Å². The van der Waals surface area contributed by atoms with E-state index in [0.29, 0.717) is 16.8 Å². The van der Waals surface area contributed by atoms with Gasteiger partial charge in [-0.25, -0.2) is 4.98 Å². The summed E-state index contributed by atoms with van der Waals surface area (Å²) in [5.74, 6) is 1.34. The number of nitrogens with zero attached hydrogens (tertiary/aromatic N) is 1. The molecular weight excluding hydrogens is 298 g/mol. The number of halogens is 1. The number of hydrogen-bond donors (Lipinski definition) is 2. The van der Waals surface area contributed by atoms with Gasteiger partial charge in [-0.2, -0.15) is 0 Å².